The Bertz CT molecular complexity index is 1060. The van der Waals surface area contributed by atoms with E-state index in [0.29, 0.717) is 28.0 Å². The van der Waals surface area contributed by atoms with Crippen molar-refractivity contribution in [2.24, 2.45) is 0 Å². The Labute approximate surface area is 193 Å². The topological polar surface area (TPSA) is 92.4 Å². The molecule has 9 heteroatoms. The van der Waals surface area contributed by atoms with Crippen molar-refractivity contribution in [3.05, 3.63) is 94.2 Å². The van der Waals surface area contributed by atoms with E-state index in [9.17, 15) is 9.59 Å². The molecule has 0 bridgehead atoms. The average molecular weight is 499 g/mol. The van der Waals surface area contributed by atoms with Gasteiger partial charge in [-0.3, -0.25) is 30.7 Å². The van der Waals surface area contributed by atoms with Gasteiger partial charge in [-0.1, -0.05) is 30.3 Å². The van der Waals surface area contributed by atoms with E-state index in [1.54, 1.807) is 30.3 Å². The average Bonchev–Trinajstić information content (AvgIpc) is 2.79. The van der Waals surface area contributed by atoms with Crippen LogP contribution in [0.15, 0.2) is 77.5 Å². The third-order valence-corrected chi connectivity index (χ3v) is 4.97. The van der Waals surface area contributed by atoms with Gasteiger partial charge in [-0.15, -0.1) is 0 Å². The van der Waals surface area contributed by atoms with Crippen molar-refractivity contribution in [3.63, 3.8) is 0 Å². The molecule has 2 aromatic carbocycles. The Morgan fingerprint density at radius 1 is 0.935 bits per heavy atom. The number of hydrogen-bond donors (Lipinski definition) is 3. The Morgan fingerprint density at radius 2 is 1.68 bits per heavy atom. The quantitative estimate of drug-likeness (QED) is 0.356. The zero-order chi connectivity index (χ0) is 22.1. The number of ether oxygens (including phenoxy) is 1. The van der Waals surface area contributed by atoms with Gasteiger partial charge in [-0.25, -0.2) is 0 Å². The molecule has 0 atom stereocenters. The summed E-state index contributed by atoms with van der Waals surface area (Å²) in [6.45, 7) is 0.513. The highest BCUT2D eigenvalue weighted by atomic mass is 79.9. The van der Waals surface area contributed by atoms with Gasteiger partial charge >= 0.3 is 0 Å². The summed E-state index contributed by atoms with van der Waals surface area (Å²) >= 11 is 8.48. The van der Waals surface area contributed by atoms with E-state index in [-0.39, 0.29) is 5.11 Å². The van der Waals surface area contributed by atoms with Crippen LogP contribution in [0.5, 0.6) is 5.75 Å². The number of nitrogens with one attached hydrogen (secondary N) is 3. The van der Waals surface area contributed by atoms with E-state index in [4.69, 9.17) is 17.0 Å². The summed E-state index contributed by atoms with van der Waals surface area (Å²) in [6.07, 6.45) is 3.78. The van der Waals surface area contributed by atoms with Crippen molar-refractivity contribution < 1.29 is 14.3 Å². The van der Waals surface area contributed by atoms with Crippen molar-refractivity contribution in [2.75, 3.05) is 6.61 Å². The maximum atomic E-state index is 12.4. The predicted molar refractivity (Wildman–Crippen MR) is 125 cm³/mol. The molecule has 0 saturated carbocycles. The molecule has 0 saturated heterocycles. The third-order valence-electron chi connectivity index (χ3n) is 4.14. The van der Waals surface area contributed by atoms with Crippen molar-refractivity contribution in [1.82, 2.24) is 21.2 Å². The van der Waals surface area contributed by atoms with Gasteiger partial charge in [0.2, 0.25) is 0 Å². The number of pyridine rings is 1. The van der Waals surface area contributed by atoms with E-state index in [2.05, 4.69) is 37.1 Å². The molecule has 3 rings (SSSR count). The molecule has 2 amide bonds. The molecule has 1 aromatic heterocycles. The van der Waals surface area contributed by atoms with Crippen LogP contribution in [-0.2, 0) is 6.42 Å². The number of benzene rings is 2. The van der Waals surface area contributed by atoms with Crippen molar-refractivity contribution in [2.45, 2.75) is 6.42 Å². The number of hydrazine groups is 1. The second kappa shape index (κ2) is 11.2. The highest BCUT2D eigenvalue weighted by Gasteiger charge is 2.12. The van der Waals surface area contributed by atoms with Crippen LogP contribution in [0, 0.1) is 0 Å². The van der Waals surface area contributed by atoms with Crippen LogP contribution in [0.25, 0.3) is 0 Å². The summed E-state index contributed by atoms with van der Waals surface area (Å²) in [6, 6.07) is 18.1. The summed E-state index contributed by atoms with van der Waals surface area (Å²) in [5.41, 5.74) is 6.88. The van der Waals surface area contributed by atoms with Gasteiger partial charge in [0.1, 0.15) is 5.75 Å². The van der Waals surface area contributed by atoms with Gasteiger partial charge < -0.3 is 4.74 Å². The Hall–Kier alpha value is -3.30. The molecule has 0 aliphatic carbocycles. The molecule has 0 spiro atoms. The van der Waals surface area contributed by atoms with Gasteiger partial charge in [0.05, 0.1) is 11.1 Å². The molecule has 0 unspecified atom stereocenters. The lowest BCUT2D eigenvalue weighted by Crippen LogP contribution is -2.48. The number of carbonyl (C=O) groups is 2. The number of amides is 2. The molecule has 0 radical (unpaired) electrons. The minimum atomic E-state index is -0.424. The number of rotatable bonds is 6. The van der Waals surface area contributed by atoms with Gasteiger partial charge in [-0.2, -0.15) is 0 Å². The highest BCUT2D eigenvalue weighted by molar-refractivity contribution is 9.10. The molecule has 0 fully saturated rings. The van der Waals surface area contributed by atoms with E-state index in [1.165, 1.54) is 18.0 Å². The fraction of sp³-hybridized carbons (Fsp3) is 0.0909. The number of hydrogen-bond acceptors (Lipinski definition) is 5. The first-order valence-corrected chi connectivity index (χ1v) is 10.5. The Balaban J connectivity index is 1.48. The SMILES string of the molecule is O=C(NNC(=S)NC(=O)c1ccc(OCCc2ccccc2)c(Br)c1)c1ccncc1. The fourth-order valence-corrected chi connectivity index (χ4v) is 3.22. The lowest BCUT2D eigenvalue weighted by Gasteiger charge is -2.12. The van der Waals surface area contributed by atoms with Gasteiger partial charge in [0.25, 0.3) is 11.8 Å². The van der Waals surface area contributed by atoms with Gasteiger partial charge in [0, 0.05) is 29.9 Å². The van der Waals surface area contributed by atoms with Crippen molar-refractivity contribution in [1.29, 1.82) is 0 Å². The number of nitrogens with zero attached hydrogens (tertiary/aromatic N) is 1. The van der Waals surface area contributed by atoms with Crippen molar-refractivity contribution >= 4 is 45.1 Å². The summed E-state index contributed by atoms with van der Waals surface area (Å²) in [4.78, 5) is 28.2. The molecule has 1 heterocycles. The first-order chi connectivity index (χ1) is 15.0. The molecule has 3 N–H and O–H groups in total. The number of thiocarbonyl (C=S) groups is 1. The maximum Gasteiger partial charge on any atom is 0.269 e. The van der Waals surface area contributed by atoms with E-state index < -0.39 is 11.8 Å². The van der Waals surface area contributed by atoms with E-state index in [1.807, 2.05) is 30.3 Å². The molecular weight excluding hydrogens is 480 g/mol. The third kappa shape index (κ3) is 6.87. The number of carbonyl (C=O) groups excluding carboxylic acids is 2. The molecular formula is C22H19BrN4O3S. The Kier molecular flexibility index (Phi) is 8.08. The highest BCUT2D eigenvalue weighted by Crippen LogP contribution is 2.26. The zero-order valence-corrected chi connectivity index (χ0v) is 18.7. The minimum Gasteiger partial charge on any atom is -0.492 e. The second-order valence-electron chi connectivity index (χ2n) is 6.33. The molecule has 0 aliphatic rings. The molecule has 31 heavy (non-hydrogen) atoms. The lowest BCUT2D eigenvalue weighted by molar-refractivity contribution is 0.0934. The molecule has 3 aromatic rings. The summed E-state index contributed by atoms with van der Waals surface area (Å²) in [5, 5.41) is 2.47. The normalized spacial score (nSPS) is 10.1. The van der Waals surface area contributed by atoms with Crippen LogP contribution < -0.4 is 20.9 Å². The predicted octanol–water partition coefficient (Wildman–Crippen LogP) is 3.41. The van der Waals surface area contributed by atoms with Crippen LogP contribution in [0.1, 0.15) is 26.3 Å². The van der Waals surface area contributed by atoms with Crippen LogP contribution in [0.4, 0.5) is 0 Å². The minimum absolute atomic E-state index is 0.0354. The van der Waals surface area contributed by atoms with Gasteiger partial charge in [-0.05, 0) is 64.0 Å². The Morgan fingerprint density at radius 3 is 2.39 bits per heavy atom. The van der Waals surface area contributed by atoms with E-state index in [0.717, 1.165) is 6.42 Å². The molecule has 0 aliphatic heterocycles. The van der Waals surface area contributed by atoms with Crippen LogP contribution in [0.3, 0.4) is 0 Å². The monoisotopic (exact) mass is 498 g/mol. The smallest absolute Gasteiger partial charge is 0.269 e. The first-order valence-electron chi connectivity index (χ1n) is 9.31. The molecule has 158 valence electrons. The van der Waals surface area contributed by atoms with Crippen LogP contribution in [0.2, 0.25) is 0 Å². The largest absolute Gasteiger partial charge is 0.492 e. The van der Waals surface area contributed by atoms with Crippen LogP contribution >= 0.6 is 28.1 Å². The second-order valence-corrected chi connectivity index (χ2v) is 7.59. The van der Waals surface area contributed by atoms with Crippen molar-refractivity contribution in [3.8, 4) is 5.75 Å². The maximum absolute atomic E-state index is 12.4. The lowest BCUT2D eigenvalue weighted by atomic mass is 10.2. The number of aromatic nitrogens is 1. The summed E-state index contributed by atoms with van der Waals surface area (Å²) in [5.74, 6) is -0.191. The van der Waals surface area contributed by atoms with Gasteiger partial charge in [0.15, 0.2) is 5.11 Å². The standard InChI is InChI=1S/C22H19BrN4O3S/c23-18-14-17(6-7-19(18)30-13-10-15-4-2-1-3-5-15)20(28)25-22(31)27-26-21(29)16-8-11-24-12-9-16/h1-9,11-12,14H,10,13H2,(H,26,29)(H2,25,27,28,31). The fourth-order valence-electron chi connectivity index (χ4n) is 2.58. The summed E-state index contributed by atoms with van der Waals surface area (Å²) in [7, 11) is 0. The first kappa shape index (κ1) is 22.4. The van der Waals surface area contributed by atoms with Crippen LogP contribution in [-0.4, -0.2) is 28.5 Å². The molecule has 7 nitrogen and oxygen atoms in total. The zero-order valence-electron chi connectivity index (χ0n) is 16.3. The summed E-state index contributed by atoms with van der Waals surface area (Å²) < 4.78 is 6.45. The number of halogens is 1. The van der Waals surface area contributed by atoms with E-state index >= 15 is 0 Å².